The second-order valence-corrected chi connectivity index (χ2v) is 8.15. The van der Waals surface area contributed by atoms with E-state index in [1.54, 1.807) is 24.3 Å². The SMILES string of the molecule is O=S(=O)(O)C1(S(=O)(=O)O)C=CC=C2Oc3ccccc3C=C21. The number of para-hydroxylation sites is 1. The van der Waals surface area contributed by atoms with Gasteiger partial charge in [-0.05, 0) is 24.3 Å². The van der Waals surface area contributed by atoms with E-state index in [9.17, 15) is 25.9 Å². The third kappa shape index (κ3) is 1.94. The smallest absolute Gasteiger partial charge is 0.296 e. The molecule has 116 valence electrons. The Morgan fingerprint density at radius 2 is 1.64 bits per heavy atom. The fourth-order valence-electron chi connectivity index (χ4n) is 2.42. The predicted molar refractivity (Wildman–Crippen MR) is 78.1 cm³/mol. The lowest BCUT2D eigenvalue weighted by Gasteiger charge is -2.32. The molecule has 0 aromatic heterocycles. The number of hydrogen-bond acceptors (Lipinski definition) is 5. The third-order valence-electron chi connectivity index (χ3n) is 3.41. The molecule has 0 radical (unpaired) electrons. The topological polar surface area (TPSA) is 118 Å². The number of allylic oxidation sites excluding steroid dienone is 3. The lowest BCUT2D eigenvalue weighted by Crippen LogP contribution is -2.48. The van der Waals surface area contributed by atoms with Crippen molar-refractivity contribution < 1.29 is 30.7 Å². The molecule has 1 aliphatic heterocycles. The van der Waals surface area contributed by atoms with Crippen LogP contribution in [0.25, 0.3) is 6.08 Å². The Morgan fingerprint density at radius 1 is 1.00 bits per heavy atom. The molecule has 1 aromatic rings. The minimum Gasteiger partial charge on any atom is -0.456 e. The van der Waals surface area contributed by atoms with Crippen LogP contribution in [0, 0.1) is 0 Å². The summed E-state index contributed by atoms with van der Waals surface area (Å²) in [6, 6.07) is 6.53. The van der Waals surface area contributed by atoms with Crippen LogP contribution in [0.4, 0.5) is 0 Å². The van der Waals surface area contributed by atoms with Crippen molar-refractivity contribution in [2.24, 2.45) is 0 Å². The van der Waals surface area contributed by atoms with Gasteiger partial charge in [0.15, 0.2) is 0 Å². The molecule has 0 atom stereocenters. The lowest BCUT2D eigenvalue weighted by atomic mass is 9.98. The van der Waals surface area contributed by atoms with E-state index in [2.05, 4.69) is 0 Å². The van der Waals surface area contributed by atoms with Crippen molar-refractivity contribution >= 4 is 26.3 Å². The summed E-state index contributed by atoms with van der Waals surface area (Å²) in [6.45, 7) is 0. The van der Waals surface area contributed by atoms with Crippen molar-refractivity contribution in [1.29, 1.82) is 0 Å². The molecule has 0 spiro atoms. The van der Waals surface area contributed by atoms with E-state index in [1.807, 2.05) is 0 Å². The fraction of sp³-hybridized carbons (Fsp3) is 0.0769. The molecular formula is C13H10O7S2. The second kappa shape index (κ2) is 4.53. The van der Waals surface area contributed by atoms with E-state index < -0.39 is 24.3 Å². The van der Waals surface area contributed by atoms with Gasteiger partial charge in [-0.1, -0.05) is 24.3 Å². The summed E-state index contributed by atoms with van der Waals surface area (Å²) in [5.74, 6) is 0.309. The summed E-state index contributed by atoms with van der Waals surface area (Å²) < 4.78 is 68.5. The monoisotopic (exact) mass is 342 g/mol. The standard InChI is InChI=1S/C13H10O7S2/c14-21(15,16)13(22(17,18)19)7-3-6-12-10(13)8-9-4-1-2-5-11(9)20-12/h1-8H,(H,14,15,16)(H,17,18,19). The molecule has 0 bridgehead atoms. The van der Waals surface area contributed by atoms with Crippen molar-refractivity contribution in [3.63, 3.8) is 0 Å². The van der Waals surface area contributed by atoms with Gasteiger partial charge >= 0.3 is 0 Å². The van der Waals surface area contributed by atoms with Gasteiger partial charge in [-0.15, -0.1) is 0 Å². The van der Waals surface area contributed by atoms with E-state index in [0.29, 0.717) is 17.4 Å². The average molecular weight is 342 g/mol. The minimum atomic E-state index is -5.23. The summed E-state index contributed by atoms with van der Waals surface area (Å²) >= 11 is 0. The molecule has 1 aliphatic carbocycles. The molecule has 2 N–H and O–H groups in total. The molecule has 22 heavy (non-hydrogen) atoms. The first-order valence-electron chi connectivity index (χ1n) is 6.00. The highest BCUT2D eigenvalue weighted by Gasteiger charge is 2.58. The molecule has 2 aliphatic rings. The quantitative estimate of drug-likeness (QED) is 0.780. The van der Waals surface area contributed by atoms with Crippen molar-refractivity contribution in [3.05, 3.63) is 59.4 Å². The molecule has 7 nitrogen and oxygen atoms in total. The predicted octanol–water partition coefficient (Wildman–Crippen LogP) is 1.39. The van der Waals surface area contributed by atoms with Gasteiger partial charge < -0.3 is 4.74 Å². The first-order valence-corrected chi connectivity index (χ1v) is 8.88. The van der Waals surface area contributed by atoms with Crippen LogP contribution < -0.4 is 4.74 Å². The van der Waals surface area contributed by atoms with E-state index in [0.717, 1.165) is 6.08 Å². The molecule has 0 saturated carbocycles. The van der Waals surface area contributed by atoms with E-state index in [4.69, 9.17) is 4.74 Å². The molecule has 0 fully saturated rings. The maximum atomic E-state index is 11.8. The maximum Gasteiger partial charge on any atom is 0.296 e. The van der Waals surface area contributed by atoms with Gasteiger partial charge in [0, 0.05) is 11.1 Å². The van der Waals surface area contributed by atoms with Gasteiger partial charge in [0.25, 0.3) is 24.3 Å². The molecule has 0 saturated heterocycles. The fourth-order valence-corrected chi connectivity index (χ4v) is 4.86. The summed E-state index contributed by atoms with van der Waals surface area (Å²) in [4.78, 5) is 0. The van der Waals surface area contributed by atoms with Crippen LogP contribution in [0.15, 0.2) is 53.8 Å². The van der Waals surface area contributed by atoms with Crippen LogP contribution in [0.3, 0.4) is 0 Å². The average Bonchev–Trinajstić information content (AvgIpc) is 2.41. The van der Waals surface area contributed by atoms with Gasteiger partial charge in [0.05, 0.1) is 0 Å². The molecular weight excluding hydrogens is 332 g/mol. The Balaban J connectivity index is 2.39. The highest BCUT2D eigenvalue weighted by atomic mass is 32.3. The highest BCUT2D eigenvalue weighted by Crippen LogP contribution is 2.45. The normalized spacial score (nSPS) is 19.4. The van der Waals surface area contributed by atoms with Crippen molar-refractivity contribution in [2.75, 3.05) is 0 Å². The Bertz CT molecular complexity index is 918. The summed E-state index contributed by atoms with van der Waals surface area (Å²) in [5, 5.41) is 0. The van der Waals surface area contributed by atoms with Crippen molar-refractivity contribution in [3.8, 4) is 5.75 Å². The van der Waals surface area contributed by atoms with Crippen LogP contribution in [0.2, 0.25) is 0 Å². The van der Waals surface area contributed by atoms with Gasteiger partial charge in [-0.25, -0.2) is 0 Å². The van der Waals surface area contributed by atoms with Gasteiger partial charge in [0.2, 0.25) is 0 Å². The van der Waals surface area contributed by atoms with Crippen LogP contribution in [0.5, 0.6) is 5.75 Å². The molecule has 0 unspecified atom stereocenters. The summed E-state index contributed by atoms with van der Waals surface area (Å²) in [6.07, 6.45) is 4.37. The number of hydrogen-bond donors (Lipinski definition) is 2. The third-order valence-corrected chi connectivity index (χ3v) is 6.92. The first-order chi connectivity index (χ1) is 10.2. The van der Waals surface area contributed by atoms with Crippen LogP contribution in [-0.2, 0) is 20.2 Å². The Labute approximate surface area is 126 Å². The second-order valence-electron chi connectivity index (χ2n) is 4.71. The number of ether oxygens (including phenoxy) is 1. The number of fused-ring (bicyclic) bond motifs is 2. The van der Waals surface area contributed by atoms with Crippen molar-refractivity contribution in [1.82, 2.24) is 0 Å². The minimum absolute atomic E-state index is 0.0866. The molecule has 1 aromatic carbocycles. The number of rotatable bonds is 2. The van der Waals surface area contributed by atoms with Crippen LogP contribution in [0.1, 0.15) is 5.56 Å². The summed E-state index contributed by atoms with van der Waals surface area (Å²) in [5.41, 5.74) is 0.0420. The van der Waals surface area contributed by atoms with E-state index >= 15 is 0 Å². The van der Waals surface area contributed by atoms with Crippen LogP contribution >= 0.6 is 0 Å². The highest BCUT2D eigenvalue weighted by molar-refractivity contribution is 8.06. The van der Waals surface area contributed by atoms with Gasteiger partial charge in [-0.3, -0.25) is 9.11 Å². The molecule has 1 heterocycles. The molecule has 3 rings (SSSR count). The zero-order valence-electron chi connectivity index (χ0n) is 10.9. The van der Waals surface area contributed by atoms with Crippen LogP contribution in [-0.4, -0.2) is 30.0 Å². The zero-order chi connectivity index (χ0) is 16.2. The lowest BCUT2D eigenvalue weighted by molar-refractivity contribution is 0.409. The maximum absolute atomic E-state index is 11.8. The zero-order valence-corrected chi connectivity index (χ0v) is 12.5. The van der Waals surface area contributed by atoms with E-state index in [-0.39, 0.29) is 11.3 Å². The Morgan fingerprint density at radius 3 is 2.27 bits per heavy atom. The molecule has 9 heteroatoms. The number of benzene rings is 1. The summed E-state index contributed by atoms with van der Waals surface area (Å²) in [7, 11) is -10.5. The Hall–Kier alpha value is -1.94. The Kier molecular flexibility index (Phi) is 3.08. The van der Waals surface area contributed by atoms with Gasteiger partial charge in [0.1, 0.15) is 11.5 Å². The largest absolute Gasteiger partial charge is 0.456 e. The first kappa shape index (κ1) is 15.0. The van der Waals surface area contributed by atoms with E-state index in [1.165, 1.54) is 12.2 Å². The molecule has 0 amide bonds. The van der Waals surface area contributed by atoms with Crippen molar-refractivity contribution in [2.45, 2.75) is 4.08 Å². The van der Waals surface area contributed by atoms with Gasteiger partial charge in [-0.2, -0.15) is 16.8 Å².